The maximum absolute atomic E-state index is 13.2. The highest BCUT2D eigenvalue weighted by Gasteiger charge is 2.36. The Morgan fingerprint density at radius 2 is 1.90 bits per heavy atom. The molecule has 0 amide bonds. The van der Waals surface area contributed by atoms with Gasteiger partial charge in [-0.2, -0.15) is 13.2 Å². The lowest BCUT2D eigenvalue weighted by molar-refractivity contribution is -0.141. The number of alkyl halides is 3. The van der Waals surface area contributed by atoms with Gasteiger partial charge in [-0.1, -0.05) is 32.0 Å². The van der Waals surface area contributed by atoms with Crippen LogP contribution in [0.4, 0.5) is 18.9 Å². The molecule has 0 aliphatic carbocycles. The van der Waals surface area contributed by atoms with Crippen LogP contribution in [-0.4, -0.2) is 11.5 Å². The van der Waals surface area contributed by atoms with Gasteiger partial charge >= 0.3 is 6.18 Å². The fourth-order valence-electron chi connectivity index (χ4n) is 2.48. The number of fused-ring (bicyclic) bond motifs is 1. The summed E-state index contributed by atoms with van der Waals surface area (Å²) in [5.41, 5.74) is 1.18. The normalized spacial score (nSPS) is 11.9. The van der Waals surface area contributed by atoms with E-state index >= 15 is 0 Å². The van der Waals surface area contributed by atoms with Gasteiger partial charge < -0.3 is 5.32 Å². The minimum atomic E-state index is -4.44. The Labute approximate surface area is 122 Å². The molecule has 21 heavy (non-hydrogen) atoms. The average Bonchev–Trinajstić information content (AvgIpc) is 2.43. The third-order valence-corrected chi connectivity index (χ3v) is 3.54. The molecule has 114 valence electrons. The molecule has 2 nitrogen and oxygen atoms in total. The molecular formula is C16H19F3N2. The summed E-state index contributed by atoms with van der Waals surface area (Å²) in [6.07, 6.45) is -2.95. The van der Waals surface area contributed by atoms with Gasteiger partial charge in [0.1, 0.15) is 5.69 Å². The second-order valence-corrected chi connectivity index (χ2v) is 5.05. The van der Waals surface area contributed by atoms with Crippen LogP contribution in [0.15, 0.2) is 18.2 Å². The van der Waals surface area contributed by atoms with E-state index in [4.69, 9.17) is 0 Å². The topological polar surface area (TPSA) is 24.9 Å². The fraction of sp³-hybridized carbons (Fsp3) is 0.438. The molecular weight excluding hydrogens is 277 g/mol. The number of benzene rings is 1. The van der Waals surface area contributed by atoms with E-state index in [0.29, 0.717) is 24.2 Å². The molecule has 0 radical (unpaired) electrons. The van der Waals surface area contributed by atoms with Crippen molar-refractivity contribution < 1.29 is 13.2 Å². The van der Waals surface area contributed by atoms with Crippen molar-refractivity contribution in [3.05, 3.63) is 35.0 Å². The molecule has 5 heteroatoms. The number of aryl methyl sites for hydroxylation is 1. The van der Waals surface area contributed by atoms with Gasteiger partial charge in [-0.3, -0.25) is 0 Å². The lowest BCUT2D eigenvalue weighted by Gasteiger charge is -2.18. The average molecular weight is 296 g/mol. The van der Waals surface area contributed by atoms with Crippen molar-refractivity contribution in [2.45, 2.75) is 39.8 Å². The molecule has 0 saturated heterocycles. The van der Waals surface area contributed by atoms with Crippen LogP contribution in [0.2, 0.25) is 0 Å². The summed E-state index contributed by atoms with van der Waals surface area (Å²) in [6.45, 7) is 6.01. The van der Waals surface area contributed by atoms with Crippen LogP contribution in [0.1, 0.15) is 37.1 Å². The summed E-state index contributed by atoms with van der Waals surface area (Å²) in [5.74, 6) is 0. The number of nitrogens with zero attached hydrogens (tertiary/aromatic N) is 1. The van der Waals surface area contributed by atoms with Crippen LogP contribution in [0.25, 0.3) is 10.9 Å². The third-order valence-electron chi connectivity index (χ3n) is 3.54. The molecule has 1 aromatic heterocycles. The van der Waals surface area contributed by atoms with Crippen molar-refractivity contribution in [3.8, 4) is 0 Å². The quantitative estimate of drug-likeness (QED) is 0.863. The second-order valence-electron chi connectivity index (χ2n) is 5.05. The SMILES string of the molecule is CCCNc1c(C)c(C(F)(F)F)nc2c(CC)cccc12. The van der Waals surface area contributed by atoms with Gasteiger partial charge in [-0.25, -0.2) is 4.98 Å². The number of halogens is 3. The van der Waals surface area contributed by atoms with Gasteiger partial charge in [0, 0.05) is 23.2 Å². The zero-order valence-electron chi connectivity index (χ0n) is 12.4. The van der Waals surface area contributed by atoms with E-state index in [9.17, 15) is 13.2 Å². The van der Waals surface area contributed by atoms with Crippen molar-refractivity contribution in [2.24, 2.45) is 0 Å². The molecule has 1 N–H and O–H groups in total. The van der Waals surface area contributed by atoms with Gasteiger partial charge in [0.05, 0.1) is 5.52 Å². The van der Waals surface area contributed by atoms with E-state index in [-0.39, 0.29) is 5.56 Å². The first kappa shape index (κ1) is 15.6. The minimum absolute atomic E-state index is 0.164. The third kappa shape index (κ3) is 2.96. The maximum atomic E-state index is 13.2. The van der Waals surface area contributed by atoms with E-state index in [0.717, 1.165) is 17.4 Å². The zero-order valence-corrected chi connectivity index (χ0v) is 12.4. The van der Waals surface area contributed by atoms with Gasteiger partial charge in [-0.15, -0.1) is 0 Å². The monoisotopic (exact) mass is 296 g/mol. The largest absolute Gasteiger partial charge is 0.433 e. The Hall–Kier alpha value is -1.78. The molecule has 0 saturated carbocycles. The molecule has 2 rings (SSSR count). The highest BCUT2D eigenvalue weighted by atomic mass is 19.4. The number of rotatable bonds is 4. The van der Waals surface area contributed by atoms with E-state index < -0.39 is 11.9 Å². The predicted octanol–water partition coefficient (Wildman–Crippen LogP) is 4.95. The molecule has 2 aromatic rings. The van der Waals surface area contributed by atoms with Crippen LogP contribution in [0.5, 0.6) is 0 Å². The lowest BCUT2D eigenvalue weighted by atomic mass is 10.0. The molecule has 0 aliphatic heterocycles. The molecule has 0 fully saturated rings. The highest BCUT2D eigenvalue weighted by molar-refractivity contribution is 5.95. The first-order valence-electron chi connectivity index (χ1n) is 7.13. The molecule has 0 aliphatic rings. The van der Waals surface area contributed by atoms with Gasteiger partial charge in [0.15, 0.2) is 0 Å². The summed E-state index contributed by atoms with van der Waals surface area (Å²) >= 11 is 0. The van der Waals surface area contributed by atoms with Crippen LogP contribution >= 0.6 is 0 Å². The molecule has 0 spiro atoms. The minimum Gasteiger partial charge on any atom is -0.384 e. The molecule has 0 atom stereocenters. The highest BCUT2D eigenvalue weighted by Crippen LogP contribution is 2.37. The van der Waals surface area contributed by atoms with Crippen molar-refractivity contribution >= 4 is 16.6 Å². The van der Waals surface area contributed by atoms with Crippen LogP contribution in [0.3, 0.4) is 0 Å². The number of para-hydroxylation sites is 1. The van der Waals surface area contributed by atoms with Crippen molar-refractivity contribution in [2.75, 3.05) is 11.9 Å². The van der Waals surface area contributed by atoms with Crippen LogP contribution in [-0.2, 0) is 12.6 Å². The summed E-state index contributed by atoms with van der Waals surface area (Å²) in [6, 6.07) is 5.52. The number of nitrogens with one attached hydrogen (secondary N) is 1. The first-order valence-corrected chi connectivity index (χ1v) is 7.13. The molecule has 1 heterocycles. The lowest BCUT2D eigenvalue weighted by Crippen LogP contribution is -2.14. The number of pyridine rings is 1. The maximum Gasteiger partial charge on any atom is 0.433 e. The van der Waals surface area contributed by atoms with Crippen LogP contribution < -0.4 is 5.32 Å². The molecule has 0 unspecified atom stereocenters. The molecule has 1 aromatic carbocycles. The predicted molar refractivity (Wildman–Crippen MR) is 79.6 cm³/mol. The first-order chi connectivity index (χ1) is 9.90. The van der Waals surface area contributed by atoms with E-state index in [1.807, 2.05) is 32.0 Å². The van der Waals surface area contributed by atoms with E-state index in [2.05, 4.69) is 10.3 Å². The summed E-state index contributed by atoms with van der Waals surface area (Å²) in [7, 11) is 0. The Morgan fingerprint density at radius 1 is 1.19 bits per heavy atom. The number of anilines is 1. The van der Waals surface area contributed by atoms with Gasteiger partial charge in [0.25, 0.3) is 0 Å². The zero-order chi connectivity index (χ0) is 15.6. The van der Waals surface area contributed by atoms with Crippen molar-refractivity contribution in [3.63, 3.8) is 0 Å². The summed E-state index contributed by atoms with van der Waals surface area (Å²) in [5, 5.41) is 3.89. The Kier molecular flexibility index (Phi) is 4.40. The standard InChI is InChI=1S/C16H19F3N2/c1-4-9-20-13-10(3)15(16(17,18)19)21-14-11(5-2)7-6-8-12(13)14/h6-8H,4-5,9H2,1-3H3,(H,20,21). The van der Waals surface area contributed by atoms with E-state index in [1.54, 1.807) is 0 Å². The number of hydrogen-bond acceptors (Lipinski definition) is 2. The van der Waals surface area contributed by atoms with Crippen molar-refractivity contribution in [1.82, 2.24) is 4.98 Å². The van der Waals surface area contributed by atoms with Crippen molar-refractivity contribution in [1.29, 1.82) is 0 Å². The Bertz CT molecular complexity index is 648. The Balaban J connectivity index is 2.79. The summed E-state index contributed by atoms with van der Waals surface area (Å²) < 4.78 is 39.7. The summed E-state index contributed by atoms with van der Waals surface area (Å²) in [4.78, 5) is 3.92. The molecule has 0 bridgehead atoms. The van der Waals surface area contributed by atoms with Gasteiger partial charge in [-0.05, 0) is 25.3 Å². The van der Waals surface area contributed by atoms with Crippen LogP contribution in [0, 0.1) is 6.92 Å². The number of aromatic nitrogens is 1. The smallest absolute Gasteiger partial charge is 0.384 e. The second kappa shape index (κ2) is 5.92. The Morgan fingerprint density at radius 3 is 2.48 bits per heavy atom. The fourth-order valence-corrected chi connectivity index (χ4v) is 2.48. The van der Waals surface area contributed by atoms with Gasteiger partial charge in [0.2, 0.25) is 0 Å². The number of hydrogen-bond donors (Lipinski definition) is 1. The van der Waals surface area contributed by atoms with E-state index in [1.165, 1.54) is 6.92 Å².